The molecule has 2 aromatic rings. The number of nitrogens with zero attached hydrogens (tertiary/aromatic N) is 2. The largest absolute Gasteiger partial charge is 0.496 e. The molecule has 1 aromatic carbocycles. The summed E-state index contributed by atoms with van der Waals surface area (Å²) in [6, 6.07) is 8.06. The van der Waals surface area contributed by atoms with Crippen LogP contribution in [-0.2, 0) is 19.5 Å². The average molecular weight is 291 g/mol. The van der Waals surface area contributed by atoms with Crippen LogP contribution in [-0.4, -0.2) is 19.1 Å². The predicted octanol–water partition coefficient (Wildman–Crippen LogP) is 2.81. The molecule has 20 heavy (non-hydrogen) atoms. The highest BCUT2D eigenvalue weighted by molar-refractivity contribution is 7.15. The van der Waals surface area contributed by atoms with Gasteiger partial charge in [0.2, 0.25) is 0 Å². The minimum absolute atomic E-state index is 0.559. The van der Waals surface area contributed by atoms with E-state index in [1.807, 2.05) is 25.2 Å². The number of nitrogens with two attached hydrogens (primary N) is 1. The van der Waals surface area contributed by atoms with Crippen molar-refractivity contribution < 1.29 is 4.74 Å². The molecule has 2 N–H and O–H groups in total. The van der Waals surface area contributed by atoms with Crippen LogP contribution in [0.1, 0.15) is 23.1 Å². The van der Waals surface area contributed by atoms with Crippen molar-refractivity contribution in [3.05, 3.63) is 40.4 Å². The van der Waals surface area contributed by atoms with Crippen LogP contribution < -0.4 is 15.4 Å². The number of aromatic nitrogens is 1. The summed E-state index contributed by atoms with van der Waals surface area (Å²) in [5.41, 5.74) is 8.03. The van der Waals surface area contributed by atoms with Gasteiger partial charge in [-0.25, -0.2) is 4.98 Å². The third-order valence-corrected chi connectivity index (χ3v) is 4.45. The topological polar surface area (TPSA) is 51.4 Å². The maximum atomic E-state index is 5.77. The van der Waals surface area contributed by atoms with Gasteiger partial charge in [0.05, 0.1) is 12.8 Å². The Morgan fingerprint density at radius 3 is 2.70 bits per heavy atom. The molecule has 0 radical (unpaired) electrons. The van der Waals surface area contributed by atoms with Gasteiger partial charge in [-0.15, -0.1) is 11.3 Å². The first-order valence-electron chi connectivity index (χ1n) is 6.71. The van der Waals surface area contributed by atoms with Gasteiger partial charge in [0.15, 0.2) is 5.13 Å². The number of hydrogen-bond acceptors (Lipinski definition) is 5. The summed E-state index contributed by atoms with van der Waals surface area (Å²) in [7, 11) is 3.74. The molecule has 0 unspecified atom stereocenters. The van der Waals surface area contributed by atoms with Gasteiger partial charge in [0.25, 0.3) is 0 Å². The number of thiazole rings is 1. The Bertz CT molecular complexity index is 546. The minimum Gasteiger partial charge on any atom is -0.496 e. The first-order valence-corrected chi connectivity index (χ1v) is 7.52. The Morgan fingerprint density at radius 2 is 2.10 bits per heavy atom. The zero-order valence-electron chi connectivity index (χ0n) is 12.2. The van der Waals surface area contributed by atoms with Gasteiger partial charge in [-0.3, -0.25) is 0 Å². The lowest BCUT2D eigenvalue weighted by Crippen LogP contribution is -2.16. The maximum Gasteiger partial charge on any atom is 0.185 e. The second-order valence-electron chi connectivity index (χ2n) is 4.59. The van der Waals surface area contributed by atoms with Crippen LogP contribution in [0.2, 0.25) is 0 Å². The predicted molar refractivity (Wildman–Crippen MR) is 84.5 cm³/mol. The first-order chi connectivity index (χ1) is 9.69. The van der Waals surface area contributed by atoms with E-state index >= 15 is 0 Å². The molecule has 0 saturated carbocycles. The highest BCUT2D eigenvalue weighted by Crippen LogP contribution is 2.28. The van der Waals surface area contributed by atoms with E-state index in [0.717, 1.165) is 35.1 Å². The molecule has 1 heterocycles. The Morgan fingerprint density at radius 1 is 1.35 bits per heavy atom. The zero-order valence-corrected chi connectivity index (χ0v) is 13.0. The van der Waals surface area contributed by atoms with E-state index in [9.17, 15) is 0 Å². The number of hydrogen-bond donors (Lipinski definition) is 1. The molecule has 1 aromatic heterocycles. The molecular formula is C15H21N3OS. The van der Waals surface area contributed by atoms with Crippen LogP contribution >= 0.6 is 11.3 Å². The van der Waals surface area contributed by atoms with Crippen molar-refractivity contribution in [1.82, 2.24) is 4.98 Å². The molecule has 0 aliphatic rings. The van der Waals surface area contributed by atoms with Gasteiger partial charge < -0.3 is 15.4 Å². The Kier molecular flexibility index (Phi) is 4.98. The number of aryl methyl sites for hydroxylation is 1. The molecular weight excluding hydrogens is 270 g/mol. The number of ether oxygens (including phenoxy) is 1. The summed E-state index contributed by atoms with van der Waals surface area (Å²) in [6.07, 6.45) is 0.922. The zero-order chi connectivity index (χ0) is 14.5. The summed E-state index contributed by atoms with van der Waals surface area (Å²) in [5, 5.41) is 1.01. The molecule has 4 nitrogen and oxygen atoms in total. The third-order valence-electron chi connectivity index (χ3n) is 3.21. The first kappa shape index (κ1) is 14.8. The van der Waals surface area contributed by atoms with Crippen LogP contribution in [0.15, 0.2) is 24.3 Å². The van der Waals surface area contributed by atoms with Gasteiger partial charge in [-0.2, -0.15) is 0 Å². The molecule has 0 spiro atoms. The number of rotatable bonds is 6. The van der Waals surface area contributed by atoms with Crippen molar-refractivity contribution in [2.75, 3.05) is 19.1 Å². The van der Waals surface area contributed by atoms with Crippen molar-refractivity contribution in [1.29, 1.82) is 0 Å². The summed E-state index contributed by atoms with van der Waals surface area (Å²) in [5.74, 6) is 0.908. The summed E-state index contributed by atoms with van der Waals surface area (Å²) in [6.45, 7) is 3.44. The SMILES string of the molecule is CCc1nc(N(C)Cc2ccccc2OC)sc1CN. The van der Waals surface area contributed by atoms with Gasteiger partial charge in [-0.05, 0) is 12.5 Å². The molecule has 0 atom stereocenters. The van der Waals surface area contributed by atoms with Crippen LogP contribution in [0.5, 0.6) is 5.75 Å². The number of anilines is 1. The standard InChI is InChI=1S/C15H21N3OS/c1-4-12-14(9-16)20-15(17-12)18(2)10-11-7-5-6-8-13(11)19-3/h5-8H,4,9-10,16H2,1-3H3. The Labute approximate surface area is 124 Å². The van der Waals surface area contributed by atoms with Crippen molar-refractivity contribution in [2.45, 2.75) is 26.4 Å². The molecule has 0 saturated heterocycles. The van der Waals surface area contributed by atoms with Gasteiger partial charge in [-0.1, -0.05) is 25.1 Å². The number of para-hydroxylation sites is 1. The van der Waals surface area contributed by atoms with Crippen LogP contribution in [0.4, 0.5) is 5.13 Å². The molecule has 2 rings (SSSR count). The molecule has 108 valence electrons. The van der Waals surface area contributed by atoms with Gasteiger partial charge in [0, 0.05) is 30.6 Å². The second kappa shape index (κ2) is 6.72. The monoisotopic (exact) mass is 291 g/mol. The van der Waals surface area contributed by atoms with Crippen molar-refractivity contribution in [2.24, 2.45) is 5.73 Å². The normalized spacial score (nSPS) is 10.6. The Hall–Kier alpha value is -1.59. The van der Waals surface area contributed by atoms with Gasteiger partial charge >= 0.3 is 0 Å². The summed E-state index contributed by atoms with van der Waals surface area (Å²) >= 11 is 1.67. The number of benzene rings is 1. The van der Waals surface area contributed by atoms with E-state index in [0.29, 0.717) is 6.54 Å². The lowest BCUT2D eigenvalue weighted by Gasteiger charge is -2.17. The summed E-state index contributed by atoms with van der Waals surface area (Å²) < 4.78 is 5.39. The lowest BCUT2D eigenvalue weighted by molar-refractivity contribution is 0.409. The summed E-state index contributed by atoms with van der Waals surface area (Å²) in [4.78, 5) is 7.99. The van der Waals surface area contributed by atoms with Crippen LogP contribution in [0.3, 0.4) is 0 Å². The van der Waals surface area contributed by atoms with E-state index in [1.54, 1.807) is 18.4 Å². The maximum absolute atomic E-state index is 5.77. The number of methoxy groups -OCH3 is 1. The molecule has 0 bridgehead atoms. The Balaban J connectivity index is 2.19. The molecule has 0 amide bonds. The van der Waals surface area contributed by atoms with E-state index < -0.39 is 0 Å². The van der Waals surface area contributed by atoms with Crippen LogP contribution in [0, 0.1) is 0 Å². The van der Waals surface area contributed by atoms with Crippen molar-refractivity contribution >= 4 is 16.5 Å². The van der Waals surface area contributed by atoms with E-state index in [-0.39, 0.29) is 0 Å². The fourth-order valence-electron chi connectivity index (χ4n) is 2.13. The van der Waals surface area contributed by atoms with E-state index in [2.05, 4.69) is 22.9 Å². The highest BCUT2D eigenvalue weighted by Gasteiger charge is 2.13. The second-order valence-corrected chi connectivity index (χ2v) is 5.65. The average Bonchev–Trinajstić information content (AvgIpc) is 2.91. The third kappa shape index (κ3) is 3.11. The van der Waals surface area contributed by atoms with Crippen molar-refractivity contribution in [3.8, 4) is 5.75 Å². The highest BCUT2D eigenvalue weighted by atomic mass is 32.1. The van der Waals surface area contributed by atoms with E-state index in [1.165, 1.54) is 4.88 Å². The fraction of sp³-hybridized carbons (Fsp3) is 0.400. The quantitative estimate of drug-likeness (QED) is 0.889. The van der Waals surface area contributed by atoms with E-state index in [4.69, 9.17) is 10.5 Å². The fourth-order valence-corrected chi connectivity index (χ4v) is 3.11. The smallest absolute Gasteiger partial charge is 0.185 e. The van der Waals surface area contributed by atoms with Gasteiger partial charge in [0.1, 0.15) is 5.75 Å². The molecule has 0 aliphatic heterocycles. The molecule has 0 aliphatic carbocycles. The van der Waals surface area contributed by atoms with Crippen molar-refractivity contribution in [3.63, 3.8) is 0 Å². The molecule has 0 fully saturated rings. The van der Waals surface area contributed by atoms with Crippen LogP contribution in [0.25, 0.3) is 0 Å². The minimum atomic E-state index is 0.559. The lowest BCUT2D eigenvalue weighted by atomic mass is 10.2. The molecule has 5 heteroatoms.